The van der Waals surface area contributed by atoms with E-state index < -0.39 is 17.2 Å². The topological polar surface area (TPSA) is 26.0 Å². The van der Waals surface area contributed by atoms with Crippen molar-refractivity contribution < 1.29 is 8.78 Å². The molecule has 2 rings (SSSR count). The van der Waals surface area contributed by atoms with E-state index in [1.807, 2.05) is 24.3 Å². The molecule has 0 saturated heterocycles. The lowest BCUT2D eigenvalue weighted by molar-refractivity contribution is 0.550. The second-order valence-corrected chi connectivity index (χ2v) is 5.31. The van der Waals surface area contributed by atoms with E-state index in [1.54, 1.807) is 6.92 Å². The molecule has 0 bridgehead atoms. The molecule has 1 nitrogen and oxygen atoms in total. The van der Waals surface area contributed by atoms with Gasteiger partial charge < -0.3 is 5.73 Å². The van der Waals surface area contributed by atoms with E-state index in [4.69, 9.17) is 5.73 Å². The molecule has 2 aromatic rings. The lowest BCUT2D eigenvalue weighted by Crippen LogP contribution is -2.34. The SMILES string of the molecule is CCCc1cccc(C(C)(N)c2cc(F)cc(F)c2)c1. The van der Waals surface area contributed by atoms with E-state index in [0.717, 1.165) is 24.5 Å². The van der Waals surface area contributed by atoms with Crippen LogP contribution in [0, 0.1) is 11.6 Å². The van der Waals surface area contributed by atoms with E-state index in [-0.39, 0.29) is 0 Å². The van der Waals surface area contributed by atoms with E-state index in [2.05, 4.69) is 6.92 Å². The van der Waals surface area contributed by atoms with Crippen molar-refractivity contribution in [1.29, 1.82) is 0 Å². The Morgan fingerprint density at radius 2 is 1.65 bits per heavy atom. The fourth-order valence-corrected chi connectivity index (χ4v) is 2.36. The molecule has 0 amide bonds. The lowest BCUT2D eigenvalue weighted by Gasteiger charge is -2.26. The highest BCUT2D eigenvalue weighted by Gasteiger charge is 2.25. The lowest BCUT2D eigenvalue weighted by atomic mass is 9.84. The number of hydrogen-bond donors (Lipinski definition) is 1. The highest BCUT2D eigenvalue weighted by Crippen LogP contribution is 2.28. The van der Waals surface area contributed by atoms with Crippen LogP contribution in [0.15, 0.2) is 42.5 Å². The van der Waals surface area contributed by atoms with Gasteiger partial charge in [0.15, 0.2) is 0 Å². The quantitative estimate of drug-likeness (QED) is 0.891. The predicted octanol–water partition coefficient (Wildman–Crippen LogP) is 4.14. The van der Waals surface area contributed by atoms with Crippen LogP contribution in [-0.4, -0.2) is 0 Å². The summed E-state index contributed by atoms with van der Waals surface area (Å²) < 4.78 is 26.8. The van der Waals surface area contributed by atoms with Crippen LogP contribution in [0.4, 0.5) is 8.78 Å². The normalized spacial score (nSPS) is 14.1. The van der Waals surface area contributed by atoms with Gasteiger partial charge in [0.25, 0.3) is 0 Å². The van der Waals surface area contributed by atoms with Crippen LogP contribution in [0.1, 0.15) is 37.0 Å². The summed E-state index contributed by atoms with van der Waals surface area (Å²) in [5, 5.41) is 0. The van der Waals surface area contributed by atoms with Crippen molar-refractivity contribution in [2.45, 2.75) is 32.2 Å². The Hall–Kier alpha value is -1.74. The van der Waals surface area contributed by atoms with Gasteiger partial charge in [-0.3, -0.25) is 0 Å². The summed E-state index contributed by atoms with van der Waals surface area (Å²) in [6, 6.07) is 11.3. The number of hydrogen-bond acceptors (Lipinski definition) is 1. The second-order valence-electron chi connectivity index (χ2n) is 5.31. The van der Waals surface area contributed by atoms with Crippen LogP contribution in [0.3, 0.4) is 0 Å². The van der Waals surface area contributed by atoms with Gasteiger partial charge in [-0.05, 0) is 42.2 Å². The number of nitrogens with two attached hydrogens (primary N) is 1. The molecule has 0 fully saturated rings. The molecular formula is C17H19F2N. The third-order valence-corrected chi connectivity index (χ3v) is 3.53. The second kappa shape index (κ2) is 5.71. The van der Waals surface area contributed by atoms with Gasteiger partial charge in [-0.25, -0.2) is 8.78 Å². The Morgan fingerprint density at radius 3 is 2.25 bits per heavy atom. The highest BCUT2D eigenvalue weighted by atomic mass is 19.1. The van der Waals surface area contributed by atoms with Gasteiger partial charge in [0.1, 0.15) is 11.6 Å². The summed E-state index contributed by atoms with van der Waals surface area (Å²) in [5.74, 6) is -1.22. The van der Waals surface area contributed by atoms with E-state index in [9.17, 15) is 8.78 Å². The van der Waals surface area contributed by atoms with Crippen LogP contribution >= 0.6 is 0 Å². The maximum atomic E-state index is 13.4. The summed E-state index contributed by atoms with van der Waals surface area (Å²) in [5.41, 5.74) is 7.87. The average molecular weight is 275 g/mol. The van der Waals surface area contributed by atoms with Crippen molar-refractivity contribution >= 4 is 0 Å². The zero-order valence-corrected chi connectivity index (χ0v) is 11.8. The minimum Gasteiger partial charge on any atom is -0.318 e. The Kier molecular flexibility index (Phi) is 4.19. The molecule has 0 aromatic heterocycles. The summed E-state index contributed by atoms with van der Waals surface area (Å²) in [6.07, 6.45) is 2.00. The molecule has 20 heavy (non-hydrogen) atoms. The summed E-state index contributed by atoms with van der Waals surface area (Å²) >= 11 is 0. The number of halogens is 2. The minimum atomic E-state index is -0.924. The molecule has 0 spiro atoms. The van der Waals surface area contributed by atoms with Crippen LogP contribution in [0.5, 0.6) is 0 Å². The van der Waals surface area contributed by atoms with Gasteiger partial charge >= 0.3 is 0 Å². The Bertz CT molecular complexity index is 585. The maximum absolute atomic E-state index is 13.4. The highest BCUT2D eigenvalue weighted by molar-refractivity contribution is 5.39. The first-order valence-corrected chi connectivity index (χ1v) is 6.78. The van der Waals surface area contributed by atoms with E-state index in [1.165, 1.54) is 17.7 Å². The van der Waals surface area contributed by atoms with Crippen molar-refractivity contribution in [2.24, 2.45) is 5.73 Å². The molecule has 0 saturated carbocycles. The van der Waals surface area contributed by atoms with Gasteiger partial charge in [-0.2, -0.15) is 0 Å². The van der Waals surface area contributed by atoms with Crippen molar-refractivity contribution in [3.63, 3.8) is 0 Å². The van der Waals surface area contributed by atoms with Crippen molar-refractivity contribution in [2.75, 3.05) is 0 Å². The maximum Gasteiger partial charge on any atom is 0.126 e. The predicted molar refractivity (Wildman–Crippen MR) is 77.4 cm³/mol. The smallest absolute Gasteiger partial charge is 0.126 e. The minimum absolute atomic E-state index is 0.434. The molecule has 2 aromatic carbocycles. The third-order valence-electron chi connectivity index (χ3n) is 3.53. The standard InChI is InChI=1S/C17H19F2N/c1-3-5-12-6-4-7-13(8-12)17(2,20)14-9-15(18)11-16(19)10-14/h4,6-11H,3,5,20H2,1-2H3. The fourth-order valence-electron chi connectivity index (χ4n) is 2.36. The van der Waals surface area contributed by atoms with Crippen molar-refractivity contribution in [3.05, 3.63) is 70.8 Å². The third kappa shape index (κ3) is 3.05. The van der Waals surface area contributed by atoms with Gasteiger partial charge in [0.2, 0.25) is 0 Å². The fraction of sp³-hybridized carbons (Fsp3) is 0.294. The van der Waals surface area contributed by atoms with Crippen LogP contribution < -0.4 is 5.73 Å². The molecule has 0 aliphatic carbocycles. The van der Waals surface area contributed by atoms with Gasteiger partial charge in [0, 0.05) is 6.07 Å². The molecule has 1 atom stereocenters. The van der Waals surface area contributed by atoms with Gasteiger partial charge in [0.05, 0.1) is 5.54 Å². The molecule has 106 valence electrons. The molecule has 3 heteroatoms. The number of rotatable bonds is 4. The first-order chi connectivity index (χ1) is 9.43. The van der Waals surface area contributed by atoms with Crippen LogP contribution in [0.25, 0.3) is 0 Å². The van der Waals surface area contributed by atoms with Gasteiger partial charge in [-0.1, -0.05) is 37.6 Å². The molecule has 0 aliphatic heterocycles. The summed E-state index contributed by atoms with van der Waals surface area (Å²) in [7, 11) is 0. The molecule has 0 radical (unpaired) electrons. The number of benzene rings is 2. The molecule has 2 N–H and O–H groups in total. The molecular weight excluding hydrogens is 256 g/mol. The van der Waals surface area contributed by atoms with E-state index >= 15 is 0 Å². The zero-order chi connectivity index (χ0) is 14.8. The van der Waals surface area contributed by atoms with Crippen molar-refractivity contribution in [3.8, 4) is 0 Å². The van der Waals surface area contributed by atoms with Crippen molar-refractivity contribution in [1.82, 2.24) is 0 Å². The Labute approximate surface area is 118 Å². The first kappa shape index (κ1) is 14.7. The molecule has 0 aliphatic rings. The Morgan fingerprint density at radius 1 is 1.00 bits per heavy atom. The largest absolute Gasteiger partial charge is 0.318 e. The summed E-state index contributed by atoms with van der Waals surface area (Å²) in [4.78, 5) is 0. The van der Waals surface area contributed by atoms with Gasteiger partial charge in [-0.15, -0.1) is 0 Å². The monoisotopic (exact) mass is 275 g/mol. The summed E-state index contributed by atoms with van der Waals surface area (Å²) in [6.45, 7) is 3.88. The molecule has 1 unspecified atom stereocenters. The van der Waals surface area contributed by atoms with Crippen LogP contribution in [-0.2, 0) is 12.0 Å². The zero-order valence-electron chi connectivity index (χ0n) is 11.8. The van der Waals surface area contributed by atoms with Crippen LogP contribution in [0.2, 0.25) is 0 Å². The first-order valence-electron chi connectivity index (χ1n) is 6.78. The average Bonchev–Trinajstić information content (AvgIpc) is 2.38. The van der Waals surface area contributed by atoms with E-state index in [0.29, 0.717) is 5.56 Å². The Balaban J connectivity index is 2.45. The number of aryl methyl sites for hydroxylation is 1. The molecule has 0 heterocycles.